The first-order valence-corrected chi connectivity index (χ1v) is 7.93. The summed E-state index contributed by atoms with van der Waals surface area (Å²) >= 11 is 0. The van der Waals surface area contributed by atoms with Crippen molar-refractivity contribution in [2.24, 2.45) is 7.05 Å². The van der Waals surface area contributed by atoms with E-state index in [4.69, 9.17) is 0 Å². The molecule has 3 heterocycles. The molecule has 1 fully saturated rings. The topological polar surface area (TPSA) is 66.8 Å². The fourth-order valence-electron chi connectivity index (χ4n) is 3.25. The Morgan fingerprint density at radius 3 is 3.00 bits per heavy atom. The number of carbonyl (C=O) groups excluding carboxylic acids is 1. The fraction of sp³-hybridized carbons (Fsp3) is 0.562. The minimum absolute atomic E-state index is 0.148. The highest BCUT2D eigenvalue weighted by atomic mass is 16.2. The molecule has 1 N–H and O–H groups in total. The number of piperidine rings is 1. The Morgan fingerprint density at radius 1 is 1.45 bits per heavy atom. The molecule has 2 aromatic rings. The van der Waals surface area contributed by atoms with Crippen LogP contribution in [0.2, 0.25) is 0 Å². The van der Waals surface area contributed by atoms with Gasteiger partial charge in [0.25, 0.3) is 0 Å². The second-order valence-corrected chi connectivity index (χ2v) is 6.01. The van der Waals surface area contributed by atoms with Gasteiger partial charge in [0.1, 0.15) is 0 Å². The lowest BCUT2D eigenvalue weighted by molar-refractivity contribution is -0.135. The average Bonchev–Trinajstić information content (AvgIpc) is 3.13. The lowest BCUT2D eigenvalue weighted by Gasteiger charge is -2.35. The molecule has 6 nitrogen and oxygen atoms in total. The van der Waals surface area contributed by atoms with Crippen LogP contribution in [0.15, 0.2) is 18.5 Å². The maximum Gasteiger partial charge on any atom is 0.223 e. The molecule has 0 spiro atoms. The smallest absolute Gasteiger partial charge is 0.223 e. The predicted molar refractivity (Wildman–Crippen MR) is 83.2 cm³/mol. The molecule has 22 heavy (non-hydrogen) atoms. The van der Waals surface area contributed by atoms with Gasteiger partial charge >= 0.3 is 0 Å². The minimum Gasteiger partial charge on any atom is -0.334 e. The van der Waals surface area contributed by atoms with Crippen LogP contribution in [0.4, 0.5) is 0 Å². The summed E-state index contributed by atoms with van der Waals surface area (Å²) in [6, 6.07) is 2.12. The Labute approximate surface area is 130 Å². The molecule has 0 saturated carbocycles. The maximum absolute atomic E-state index is 12.7. The summed E-state index contributed by atoms with van der Waals surface area (Å²) in [6.45, 7) is 2.89. The molecular weight excluding hydrogens is 278 g/mol. The van der Waals surface area contributed by atoms with Gasteiger partial charge in [-0.3, -0.25) is 14.6 Å². The number of hydrogen-bond acceptors (Lipinski definition) is 3. The largest absolute Gasteiger partial charge is 0.334 e. The van der Waals surface area contributed by atoms with Crippen molar-refractivity contribution in [2.75, 3.05) is 6.54 Å². The molecule has 0 aromatic carbocycles. The fourth-order valence-corrected chi connectivity index (χ4v) is 3.25. The van der Waals surface area contributed by atoms with E-state index in [1.807, 2.05) is 35.8 Å². The number of rotatable bonds is 4. The molecule has 1 aliphatic rings. The van der Waals surface area contributed by atoms with Gasteiger partial charge in [0.15, 0.2) is 0 Å². The molecule has 6 heteroatoms. The van der Waals surface area contributed by atoms with Crippen molar-refractivity contribution >= 4 is 5.91 Å². The highest BCUT2D eigenvalue weighted by Crippen LogP contribution is 2.31. The normalized spacial score (nSPS) is 18.6. The van der Waals surface area contributed by atoms with E-state index in [-0.39, 0.29) is 11.9 Å². The average molecular weight is 301 g/mol. The quantitative estimate of drug-likeness (QED) is 0.941. The molecule has 3 rings (SSSR count). The van der Waals surface area contributed by atoms with Crippen molar-refractivity contribution in [3.8, 4) is 0 Å². The van der Waals surface area contributed by atoms with Crippen LogP contribution in [0.25, 0.3) is 0 Å². The molecule has 1 saturated heterocycles. The number of likely N-dealkylation sites (tertiary alicyclic amines) is 1. The number of nitrogens with one attached hydrogen (secondary N) is 1. The van der Waals surface area contributed by atoms with Crippen molar-refractivity contribution in [3.05, 3.63) is 35.4 Å². The van der Waals surface area contributed by atoms with Gasteiger partial charge in [0.05, 0.1) is 17.9 Å². The Bertz CT molecular complexity index is 645. The third kappa shape index (κ3) is 2.91. The monoisotopic (exact) mass is 301 g/mol. The summed E-state index contributed by atoms with van der Waals surface area (Å²) in [6.07, 6.45) is 8.14. The van der Waals surface area contributed by atoms with Gasteiger partial charge in [-0.1, -0.05) is 0 Å². The van der Waals surface area contributed by atoms with Gasteiger partial charge in [0.2, 0.25) is 5.91 Å². The maximum atomic E-state index is 12.7. The van der Waals surface area contributed by atoms with E-state index in [1.165, 1.54) is 0 Å². The van der Waals surface area contributed by atoms with Crippen molar-refractivity contribution in [1.29, 1.82) is 0 Å². The van der Waals surface area contributed by atoms with Crippen molar-refractivity contribution < 1.29 is 4.79 Å². The summed E-state index contributed by atoms with van der Waals surface area (Å²) in [4.78, 5) is 14.7. The molecule has 1 unspecified atom stereocenters. The Hall–Kier alpha value is -2.11. The van der Waals surface area contributed by atoms with Crippen LogP contribution in [0.3, 0.4) is 0 Å². The zero-order valence-corrected chi connectivity index (χ0v) is 13.2. The van der Waals surface area contributed by atoms with Crippen LogP contribution < -0.4 is 0 Å². The first-order valence-electron chi connectivity index (χ1n) is 7.93. The summed E-state index contributed by atoms with van der Waals surface area (Å²) < 4.78 is 1.83. The van der Waals surface area contributed by atoms with Gasteiger partial charge in [0, 0.05) is 31.9 Å². The zero-order chi connectivity index (χ0) is 15.5. The number of carbonyl (C=O) groups is 1. The Kier molecular flexibility index (Phi) is 4.27. The number of H-pyrrole nitrogens is 1. The second kappa shape index (κ2) is 6.34. The van der Waals surface area contributed by atoms with Crippen molar-refractivity contribution in [1.82, 2.24) is 24.9 Å². The van der Waals surface area contributed by atoms with Crippen LogP contribution in [0, 0.1) is 6.92 Å². The van der Waals surface area contributed by atoms with E-state index in [0.29, 0.717) is 6.42 Å². The van der Waals surface area contributed by atoms with Crippen molar-refractivity contribution in [2.45, 2.75) is 45.1 Å². The van der Waals surface area contributed by atoms with E-state index < -0.39 is 0 Å². The van der Waals surface area contributed by atoms with E-state index in [1.54, 1.807) is 6.20 Å². The molecule has 1 atom stereocenters. The Morgan fingerprint density at radius 2 is 2.32 bits per heavy atom. The van der Waals surface area contributed by atoms with Gasteiger partial charge in [-0.2, -0.15) is 10.2 Å². The number of nitrogens with zero attached hydrogens (tertiary/aromatic N) is 4. The number of hydrogen-bond donors (Lipinski definition) is 1. The number of aromatic amines is 1. The number of aryl methyl sites for hydroxylation is 3. The molecule has 1 amide bonds. The number of amides is 1. The third-order valence-electron chi connectivity index (χ3n) is 4.54. The van der Waals surface area contributed by atoms with Crippen LogP contribution in [0.5, 0.6) is 0 Å². The summed E-state index contributed by atoms with van der Waals surface area (Å²) in [5.74, 6) is 0.222. The molecule has 118 valence electrons. The first kappa shape index (κ1) is 14.8. The van der Waals surface area contributed by atoms with E-state index in [2.05, 4.69) is 15.3 Å². The van der Waals surface area contributed by atoms with Crippen molar-refractivity contribution in [3.63, 3.8) is 0 Å². The van der Waals surface area contributed by atoms with Crippen LogP contribution >= 0.6 is 0 Å². The van der Waals surface area contributed by atoms with Gasteiger partial charge in [-0.15, -0.1) is 0 Å². The predicted octanol–water partition coefficient (Wildman–Crippen LogP) is 2.14. The SMILES string of the molecule is Cc1cn[nH]c1C1CCCCN1C(=O)CCc1ccnn1C. The molecule has 0 radical (unpaired) electrons. The highest BCUT2D eigenvalue weighted by molar-refractivity contribution is 5.77. The second-order valence-electron chi connectivity index (χ2n) is 6.01. The van der Waals surface area contributed by atoms with Crippen LogP contribution in [-0.4, -0.2) is 37.3 Å². The zero-order valence-electron chi connectivity index (χ0n) is 13.2. The summed E-state index contributed by atoms with van der Waals surface area (Å²) in [5.41, 5.74) is 3.32. The number of aromatic nitrogens is 4. The lowest BCUT2D eigenvalue weighted by Crippen LogP contribution is -2.39. The standard InChI is InChI=1S/C16H23N5O/c1-12-11-17-19-16(12)14-5-3-4-10-21(14)15(22)7-6-13-8-9-18-20(13)2/h8-9,11,14H,3-7,10H2,1-2H3,(H,17,19). The Balaban J connectivity index is 1.69. The van der Waals surface area contributed by atoms with Gasteiger partial charge < -0.3 is 4.90 Å². The van der Waals surface area contributed by atoms with Crippen LogP contribution in [0.1, 0.15) is 48.7 Å². The molecule has 1 aliphatic heterocycles. The molecule has 0 aliphatic carbocycles. The molecule has 2 aromatic heterocycles. The van der Waals surface area contributed by atoms with Gasteiger partial charge in [-0.25, -0.2) is 0 Å². The molecule has 0 bridgehead atoms. The van der Waals surface area contributed by atoms with E-state index >= 15 is 0 Å². The lowest BCUT2D eigenvalue weighted by atomic mass is 9.97. The third-order valence-corrected chi connectivity index (χ3v) is 4.54. The van der Waals surface area contributed by atoms with E-state index in [9.17, 15) is 4.79 Å². The first-order chi connectivity index (χ1) is 10.7. The summed E-state index contributed by atoms with van der Waals surface area (Å²) in [7, 11) is 1.91. The van der Waals surface area contributed by atoms with Crippen LogP contribution in [-0.2, 0) is 18.3 Å². The molecular formula is C16H23N5O. The summed E-state index contributed by atoms with van der Waals surface area (Å²) in [5, 5.41) is 11.3. The van der Waals surface area contributed by atoms with E-state index in [0.717, 1.165) is 49.2 Å². The highest BCUT2D eigenvalue weighted by Gasteiger charge is 2.29. The minimum atomic E-state index is 0.148. The van der Waals surface area contributed by atoms with Gasteiger partial charge in [-0.05, 0) is 44.2 Å².